The molecule has 7 aromatic rings. The molecule has 2 aliphatic heterocycles. The third kappa shape index (κ3) is 3.42. The van der Waals surface area contributed by atoms with Crippen molar-refractivity contribution in [1.29, 1.82) is 0 Å². The van der Waals surface area contributed by atoms with Gasteiger partial charge >= 0.3 is 0 Å². The van der Waals surface area contributed by atoms with Gasteiger partial charge in [0, 0.05) is 27.9 Å². The fraction of sp³-hybridized carbons (Fsp3) is 0.0526. The van der Waals surface area contributed by atoms with Gasteiger partial charge in [0.1, 0.15) is 16.9 Å². The number of rotatable bonds is 4. The summed E-state index contributed by atoms with van der Waals surface area (Å²) in [7, 11) is 0. The molecule has 2 atom stereocenters. The van der Waals surface area contributed by atoms with E-state index in [0.717, 1.165) is 44.8 Å². The third-order valence-corrected chi connectivity index (χ3v) is 8.60. The van der Waals surface area contributed by atoms with Crippen LogP contribution in [0.5, 0.6) is 5.75 Å². The van der Waals surface area contributed by atoms with E-state index in [2.05, 4.69) is 125 Å². The van der Waals surface area contributed by atoms with Crippen LogP contribution >= 0.6 is 0 Å². The number of fused-ring (bicyclic) bond motifs is 8. The zero-order chi connectivity index (χ0) is 27.6. The quantitative estimate of drug-likeness (QED) is 0.240. The van der Waals surface area contributed by atoms with Gasteiger partial charge in [-0.15, -0.1) is 0 Å². The molecule has 0 fully saturated rings. The minimum absolute atomic E-state index is 0.118. The fourth-order valence-corrected chi connectivity index (χ4v) is 6.79. The maximum absolute atomic E-state index is 6.62. The van der Waals surface area contributed by atoms with E-state index in [1.165, 1.54) is 27.9 Å². The predicted molar refractivity (Wildman–Crippen MR) is 170 cm³/mol. The normalized spacial score (nSPS) is 16.7. The third-order valence-electron chi connectivity index (χ3n) is 8.60. The molecular formula is C38H26N2O2. The van der Waals surface area contributed by atoms with E-state index in [1.54, 1.807) is 0 Å². The first-order valence-corrected chi connectivity index (χ1v) is 14.3. The van der Waals surface area contributed by atoms with Crippen LogP contribution in [0.15, 0.2) is 144 Å². The lowest BCUT2D eigenvalue weighted by molar-refractivity contribution is 0.234. The Bertz CT molecular complexity index is 2110. The molecule has 0 bridgehead atoms. The summed E-state index contributed by atoms with van der Waals surface area (Å²) in [6.45, 7) is 0. The molecule has 2 aliphatic rings. The Balaban J connectivity index is 1.13. The molecule has 0 saturated carbocycles. The van der Waals surface area contributed by atoms with Crippen LogP contribution in [-0.2, 0) is 0 Å². The van der Waals surface area contributed by atoms with Crippen LogP contribution in [0.25, 0.3) is 33.1 Å². The van der Waals surface area contributed by atoms with Gasteiger partial charge in [-0.2, -0.15) is 0 Å². The van der Waals surface area contributed by atoms with E-state index < -0.39 is 0 Å². The van der Waals surface area contributed by atoms with Crippen molar-refractivity contribution in [3.8, 4) is 16.9 Å². The summed E-state index contributed by atoms with van der Waals surface area (Å²) in [5, 5.41) is 5.86. The van der Waals surface area contributed by atoms with Gasteiger partial charge in [-0.3, -0.25) is 0 Å². The number of benzene rings is 6. The molecule has 3 heterocycles. The van der Waals surface area contributed by atoms with Crippen LogP contribution in [0.4, 0.5) is 22.7 Å². The second kappa shape index (κ2) is 9.02. The standard InChI is InChI=1S/C38H26N2O2/c1-2-10-26(11-3-1)40-37-27(14-8-15-30(37)35-28-12-4-7-18-33(28)42-38(35)40)24-20-22-25(23-21-24)39-31-16-9-19-34-36(31)29-13-5-6-17-32(29)41-34/h1-23,35,38-39H. The highest BCUT2D eigenvalue weighted by atomic mass is 16.5. The van der Waals surface area contributed by atoms with Gasteiger partial charge in [0.2, 0.25) is 0 Å². The highest BCUT2D eigenvalue weighted by Gasteiger charge is 2.48. The molecule has 2 unspecified atom stereocenters. The van der Waals surface area contributed by atoms with Gasteiger partial charge in [0.25, 0.3) is 0 Å². The van der Waals surface area contributed by atoms with Crippen molar-refractivity contribution >= 4 is 44.7 Å². The topological polar surface area (TPSA) is 37.6 Å². The van der Waals surface area contributed by atoms with Crippen molar-refractivity contribution < 1.29 is 9.15 Å². The van der Waals surface area contributed by atoms with E-state index in [0.29, 0.717) is 0 Å². The first-order chi connectivity index (χ1) is 20.8. The Morgan fingerprint density at radius 2 is 1.33 bits per heavy atom. The van der Waals surface area contributed by atoms with E-state index in [4.69, 9.17) is 9.15 Å². The van der Waals surface area contributed by atoms with Gasteiger partial charge in [0.15, 0.2) is 6.23 Å². The zero-order valence-corrected chi connectivity index (χ0v) is 22.7. The Hall–Kier alpha value is -5.48. The molecule has 1 aromatic heterocycles. The Morgan fingerprint density at radius 1 is 0.595 bits per heavy atom. The smallest absolute Gasteiger partial charge is 0.187 e. The van der Waals surface area contributed by atoms with Crippen molar-refractivity contribution in [2.45, 2.75) is 12.1 Å². The number of ether oxygens (including phenoxy) is 1. The van der Waals surface area contributed by atoms with Gasteiger partial charge in [-0.25, -0.2) is 0 Å². The van der Waals surface area contributed by atoms with Gasteiger partial charge in [-0.1, -0.05) is 91.0 Å². The van der Waals surface area contributed by atoms with Gasteiger partial charge < -0.3 is 19.4 Å². The van der Waals surface area contributed by atoms with Crippen LogP contribution in [0, 0.1) is 0 Å². The monoisotopic (exact) mass is 542 g/mol. The molecule has 0 saturated heterocycles. The molecule has 1 N–H and O–H groups in total. The molecule has 0 amide bonds. The summed E-state index contributed by atoms with van der Waals surface area (Å²) in [5.41, 5.74) is 11.1. The molecule has 200 valence electrons. The number of para-hydroxylation sites is 4. The minimum atomic E-state index is -0.118. The lowest BCUT2D eigenvalue weighted by atomic mass is 9.91. The van der Waals surface area contributed by atoms with E-state index in [1.807, 2.05) is 24.3 Å². The van der Waals surface area contributed by atoms with Gasteiger partial charge in [-0.05, 0) is 59.7 Å². The molecule has 0 spiro atoms. The Morgan fingerprint density at radius 3 is 2.24 bits per heavy atom. The van der Waals surface area contributed by atoms with Crippen molar-refractivity contribution in [1.82, 2.24) is 0 Å². The number of hydrogen-bond acceptors (Lipinski definition) is 4. The largest absolute Gasteiger partial charge is 0.469 e. The number of anilines is 4. The summed E-state index contributed by atoms with van der Waals surface area (Å²) in [5.74, 6) is 1.13. The first kappa shape index (κ1) is 23.2. The van der Waals surface area contributed by atoms with Gasteiger partial charge in [0.05, 0.1) is 22.7 Å². The number of nitrogens with zero attached hydrogens (tertiary/aromatic N) is 1. The van der Waals surface area contributed by atoms with E-state index in [-0.39, 0.29) is 12.1 Å². The van der Waals surface area contributed by atoms with Crippen molar-refractivity contribution in [3.63, 3.8) is 0 Å². The molecule has 0 radical (unpaired) electrons. The lowest BCUT2D eigenvalue weighted by Crippen LogP contribution is -2.32. The molecule has 0 aliphatic carbocycles. The summed E-state index contributed by atoms with van der Waals surface area (Å²) in [6, 6.07) is 48.8. The van der Waals surface area contributed by atoms with Crippen LogP contribution in [-0.4, -0.2) is 6.23 Å². The first-order valence-electron chi connectivity index (χ1n) is 14.3. The van der Waals surface area contributed by atoms with Crippen LogP contribution in [0.3, 0.4) is 0 Å². The second-order valence-electron chi connectivity index (χ2n) is 11.0. The highest BCUT2D eigenvalue weighted by Crippen LogP contribution is 2.56. The number of hydrogen-bond donors (Lipinski definition) is 1. The summed E-state index contributed by atoms with van der Waals surface area (Å²) < 4.78 is 12.7. The lowest BCUT2D eigenvalue weighted by Gasteiger charge is -2.28. The average Bonchev–Trinajstić information content (AvgIpc) is 3.71. The molecule has 4 nitrogen and oxygen atoms in total. The van der Waals surface area contributed by atoms with Crippen LogP contribution in [0.2, 0.25) is 0 Å². The highest BCUT2D eigenvalue weighted by molar-refractivity contribution is 6.12. The van der Waals surface area contributed by atoms with Crippen LogP contribution < -0.4 is 15.0 Å². The number of furan rings is 1. The summed E-state index contributed by atoms with van der Waals surface area (Å²) in [4.78, 5) is 2.38. The summed E-state index contributed by atoms with van der Waals surface area (Å²) >= 11 is 0. The molecule has 9 rings (SSSR count). The molecule has 6 aromatic carbocycles. The van der Waals surface area contributed by atoms with E-state index >= 15 is 0 Å². The molecule has 4 heteroatoms. The predicted octanol–water partition coefficient (Wildman–Crippen LogP) is 10.00. The molecular weight excluding hydrogens is 516 g/mol. The molecule has 42 heavy (non-hydrogen) atoms. The Labute approximate surface area is 243 Å². The maximum atomic E-state index is 6.62. The summed E-state index contributed by atoms with van der Waals surface area (Å²) in [6.07, 6.45) is -0.118. The van der Waals surface area contributed by atoms with Crippen molar-refractivity contribution in [3.05, 3.63) is 151 Å². The van der Waals surface area contributed by atoms with Crippen molar-refractivity contribution in [2.24, 2.45) is 0 Å². The SMILES string of the molecule is c1ccc(N2c3c(-c4ccc(Nc5cccc6oc7ccccc7c56)cc4)cccc3C3c4ccccc4OC32)cc1. The maximum Gasteiger partial charge on any atom is 0.187 e. The number of nitrogens with one attached hydrogen (secondary N) is 1. The average molecular weight is 543 g/mol. The zero-order valence-electron chi connectivity index (χ0n) is 22.7. The fourth-order valence-electron chi connectivity index (χ4n) is 6.79. The minimum Gasteiger partial charge on any atom is -0.469 e. The van der Waals surface area contributed by atoms with Crippen LogP contribution in [0.1, 0.15) is 17.0 Å². The van der Waals surface area contributed by atoms with Crippen molar-refractivity contribution in [2.75, 3.05) is 10.2 Å². The Kier molecular flexibility index (Phi) is 4.99. The second-order valence-corrected chi connectivity index (χ2v) is 11.0. The van der Waals surface area contributed by atoms with E-state index in [9.17, 15) is 0 Å².